The van der Waals surface area contributed by atoms with E-state index in [1.54, 1.807) is 0 Å². The van der Waals surface area contributed by atoms with Gasteiger partial charge in [-0.05, 0) is 22.5 Å². The predicted molar refractivity (Wildman–Crippen MR) is 44.8 cm³/mol. The maximum absolute atomic E-state index is 10.5. The van der Waals surface area contributed by atoms with E-state index in [4.69, 9.17) is 18.9 Å². The van der Waals surface area contributed by atoms with Gasteiger partial charge in [-0.25, -0.2) is 0 Å². The summed E-state index contributed by atoms with van der Waals surface area (Å²) in [5.41, 5.74) is 0. The molecule has 0 aliphatic carbocycles. The van der Waals surface area contributed by atoms with Crippen LogP contribution in [0.5, 0.6) is 0 Å². The van der Waals surface area contributed by atoms with E-state index in [1.807, 2.05) is 0 Å². The third kappa shape index (κ3) is 238. The van der Waals surface area contributed by atoms with Gasteiger partial charge in [0.05, 0.1) is 0 Å². The van der Waals surface area contributed by atoms with Gasteiger partial charge in [0.2, 0.25) is 0 Å². The second-order valence-corrected chi connectivity index (χ2v) is 4.91. The van der Waals surface area contributed by atoms with Crippen molar-refractivity contribution in [3.8, 4) is 0 Å². The van der Waals surface area contributed by atoms with E-state index in [2.05, 4.69) is 22.5 Å². The van der Waals surface area contributed by atoms with Crippen LogP contribution in [-0.2, 0) is 26.2 Å². The Morgan fingerprint density at radius 2 is 1.00 bits per heavy atom. The molecule has 0 saturated heterocycles. The van der Waals surface area contributed by atoms with Gasteiger partial charge in [0.15, 0.2) is 0 Å². The molecule has 13 heteroatoms. The summed E-state index contributed by atoms with van der Waals surface area (Å²) in [6, 6.07) is 0. The van der Waals surface area contributed by atoms with Crippen LogP contribution in [0.15, 0.2) is 0 Å². The Bertz CT molecular complexity index is 146. The van der Waals surface area contributed by atoms with Gasteiger partial charge in [-0.15, -0.1) is 0 Å². The van der Waals surface area contributed by atoms with Gasteiger partial charge < -0.3 is 9.79 Å². The number of halogens is 4. The molecular formula is H3CaCl2F2MnO4P2Sb. The quantitative estimate of drug-likeness (QED) is 0.374. The van der Waals surface area contributed by atoms with Crippen molar-refractivity contribution in [1.29, 1.82) is 0 Å². The van der Waals surface area contributed by atoms with E-state index < -0.39 is 14.1 Å². The van der Waals surface area contributed by atoms with Crippen molar-refractivity contribution < 1.29 is 44.4 Å². The summed E-state index contributed by atoms with van der Waals surface area (Å²) in [4.78, 5) is 17.5. The van der Waals surface area contributed by atoms with E-state index in [0.29, 0.717) is 0 Å². The summed E-state index contributed by atoms with van der Waals surface area (Å²) in [6.07, 6.45) is 0. The molecule has 0 heterocycles. The van der Waals surface area contributed by atoms with E-state index in [0.717, 1.165) is 0 Å². The average Bonchev–Trinajstić information content (AvgIpc) is 1.12. The van der Waals surface area contributed by atoms with E-state index >= 15 is 0 Å². The zero-order chi connectivity index (χ0) is 9.00. The first-order valence-corrected chi connectivity index (χ1v) is 6.25. The Kier molecular flexibility index (Phi) is 31.0. The zero-order valence-electron chi connectivity index (χ0n) is 5.83. The number of hydrogen-bond donors (Lipinski definition) is 0. The molecule has 1 radical (unpaired) electrons. The molecule has 79 valence electrons. The standard InChI is InChI=1S/Ca.2ClFHO2P.Mn.Sb.3H/c;2*1-5(2,3)4;;;;;/h;2*(H,3,4);;;;;/q+2;;;;;;;/p-2. The fourth-order valence-corrected chi connectivity index (χ4v) is 0. The molecule has 0 saturated carbocycles. The summed E-state index contributed by atoms with van der Waals surface area (Å²) in [7, 11) is -9.83. The molecular weight excluding hydrogens is 452 g/mol. The molecule has 0 aromatic carbocycles. The van der Waals surface area contributed by atoms with Crippen LogP contribution in [0, 0.1) is 0 Å². The molecule has 0 aliphatic heterocycles. The normalized spacial score (nSPS) is 16.5. The molecule has 0 rings (SSSR count). The van der Waals surface area contributed by atoms with E-state index in [9.17, 15) is 8.39 Å². The Hall–Kier alpha value is 3.42. The fraction of sp³-hybridized carbons (Fsp3) is 0. The predicted octanol–water partition coefficient (Wildman–Crippen LogP) is -0.241. The van der Waals surface area contributed by atoms with Crippen LogP contribution in [0.3, 0.4) is 0 Å². The van der Waals surface area contributed by atoms with Crippen LogP contribution in [0.4, 0.5) is 8.39 Å². The van der Waals surface area contributed by atoms with Crippen molar-refractivity contribution in [3.63, 3.8) is 0 Å². The topological polar surface area (TPSA) is 80.3 Å². The first-order valence-electron chi connectivity index (χ1n) is 1.41. The van der Waals surface area contributed by atoms with Gasteiger partial charge in [0.25, 0.3) is 14.1 Å². The molecule has 0 spiro atoms. The Labute approximate surface area is 141 Å². The third-order valence-electron chi connectivity index (χ3n) is 0. The monoisotopic (exact) mass is 453 g/mol. The van der Waals surface area contributed by atoms with Crippen molar-refractivity contribution >= 4 is 98.7 Å². The number of hydrogen-bond acceptors (Lipinski definition) is 4. The minimum atomic E-state index is -4.92. The maximum atomic E-state index is 10.5. The van der Waals surface area contributed by atoms with Crippen molar-refractivity contribution in [1.82, 2.24) is 0 Å². The summed E-state index contributed by atoms with van der Waals surface area (Å²) in [5.74, 6) is 0. The second-order valence-electron chi connectivity index (χ2n) is 0.829. The van der Waals surface area contributed by atoms with E-state index in [-0.39, 0.29) is 79.2 Å². The van der Waals surface area contributed by atoms with Crippen LogP contribution in [0.2, 0.25) is 0 Å². The molecule has 0 amide bonds. The SMILES string of the molecule is O=P([O-])(F)Cl.O=P([O-])(F)Cl.[Ca+2].[Mn].[SbH3]. The van der Waals surface area contributed by atoms with E-state index in [1.165, 1.54) is 0 Å². The first-order chi connectivity index (χ1) is 4.00. The Morgan fingerprint density at radius 1 is 1.00 bits per heavy atom. The fourth-order valence-electron chi connectivity index (χ4n) is 0. The third-order valence-corrected chi connectivity index (χ3v) is 0. The summed E-state index contributed by atoms with van der Waals surface area (Å²) in [5, 5.41) is 0. The van der Waals surface area contributed by atoms with Crippen LogP contribution >= 0.6 is 36.5 Å². The molecule has 0 fully saturated rings. The first kappa shape index (κ1) is 29.9. The Balaban J connectivity index is -0.0000000267. The number of rotatable bonds is 0. The molecule has 0 aliphatic rings. The van der Waals surface area contributed by atoms with Gasteiger partial charge in [-0.3, -0.25) is 9.13 Å². The molecule has 0 aromatic heterocycles. The van der Waals surface area contributed by atoms with Crippen LogP contribution in [-0.4, -0.2) is 62.2 Å². The van der Waals surface area contributed by atoms with Gasteiger partial charge >= 0.3 is 62.2 Å². The van der Waals surface area contributed by atoms with Gasteiger partial charge in [0.1, 0.15) is 0 Å². The molecule has 2 atom stereocenters. The van der Waals surface area contributed by atoms with Crippen LogP contribution < -0.4 is 9.79 Å². The van der Waals surface area contributed by atoms with Crippen molar-refractivity contribution in [3.05, 3.63) is 0 Å². The molecule has 13 heavy (non-hydrogen) atoms. The van der Waals surface area contributed by atoms with Crippen LogP contribution in [0.1, 0.15) is 0 Å². The van der Waals surface area contributed by atoms with Crippen molar-refractivity contribution in [2.45, 2.75) is 0 Å². The summed E-state index contributed by atoms with van der Waals surface area (Å²) >= 11 is 7.73. The Morgan fingerprint density at radius 3 is 1.00 bits per heavy atom. The molecule has 2 unspecified atom stereocenters. The molecule has 0 bridgehead atoms. The zero-order valence-corrected chi connectivity index (χ0v) is 16.6. The average molecular weight is 455 g/mol. The summed E-state index contributed by atoms with van der Waals surface area (Å²) in [6.45, 7) is 0. The van der Waals surface area contributed by atoms with Gasteiger partial charge in [-0.2, -0.15) is 8.39 Å². The molecule has 0 aromatic rings. The summed E-state index contributed by atoms with van der Waals surface area (Å²) < 4.78 is 38.4. The molecule has 4 nitrogen and oxygen atoms in total. The van der Waals surface area contributed by atoms with Crippen molar-refractivity contribution in [2.24, 2.45) is 0 Å². The van der Waals surface area contributed by atoms with Crippen molar-refractivity contribution in [2.75, 3.05) is 0 Å². The minimum absolute atomic E-state index is 0. The molecule has 0 N–H and O–H groups in total. The van der Waals surface area contributed by atoms with Crippen LogP contribution in [0.25, 0.3) is 0 Å². The van der Waals surface area contributed by atoms with Gasteiger partial charge in [0, 0.05) is 17.1 Å². The second kappa shape index (κ2) is 13.5. The van der Waals surface area contributed by atoms with Gasteiger partial charge in [-0.1, -0.05) is 0 Å².